The maximum Gasteiger partial charge on any atom is 0.324 e. The van der Waals surface area contributed by atoms with Crippen molar-refractivity contribution in [3.63, 3.8) is 0 Å². The molecule has 0 fully saturated rings. The molecule has 28 heavy (non-hydrogen) atoms. The van der Waals surface area contributed by atoms with Crippen LogP contribution in [-0.4, -0.2) is 31.8 Å². The van der Waals surface area contributed by atoms with Crippen LogP contribution in [0.25, 0.3) is 0 Å². The number of carbonyl (C=O) groups is 1. The van der Waals surface area contributed by atoms with E-state index in [0.29, 0.717) is 11.8 Å². The first kappa shape index (κ1) is 22.6. The van der Waals surface area contributed by atoms with Gasteiger partial charge in [0.05, 0.1) is 4.90 Å². The number of likely N-dealkylation sites (N-methyl/N-ethyl adjacent to an activating group) is 1. The summed E-state index contributed by atoms with van der Waals surface area (Å²) in [5, 5.41) is 0.644. The molecule has 0 bridgehead atoms. The molecule has 0 unspecified atom stereocenters. The summed E-state index contributed by atoms with van der Waals surface area (Å²) in [7, 11) is -2.38. The molecule has 7 heteroatoms. The molecule has 0 N–H and O–H groups in total. The number of ether oxygens (including phenoxy) is 1. The molecule has 0 spiro atoms. The SMILES string of the molecule is CC(C)C[C@@H](C(=O)OCc1ccccc1)N(C)S(=O)(=O)c1ccc(CBr)cc1. The lowest BCUT2D eigenvalue weighted by Crippen LogP contribution is -2.44. The van der Waals surface area contributed by atoms with Crippen molar-refractivity contribution in [3.05, 3.63) is 65.7 Å². The number of esters is 1. The third-order valence-electron chi connectivity index (χ3n) is 4.38. The smallest absolute Gasteiger partial charge is 0.324 e. The second-order valence-electron chi connectivity index (χ2n) is 7.04. The van der Waals surface area contributed by atoms with Gasteiger partial charge in [-0.3, -0.25) is 4.79 Å². The Morgan fingerprint density at radius 3 is 2.18 bits per heavy atom. The van der Waals surface area contributed by atoms with Gasteiger partial charge in [0.15, 0.2) is 0 Å². The maximum absolute atomic E-state index is 13.0. The van der Waals surface area contributed by atoms with Crippen LogP contribution in [-0.2, 0) is 31.5 Å². The lowest BCUT2D eigenvalue weighted by Gasteiger charge is -2.27. The Kier molecular flexibility index (Phi) is 8.22. The Morgan fingerprint density at radius 2 is 1.64 bits per heavy atom. The van der Waals surface area contributed by atoms with E-state index < -0.39 is 22.0 Å². The van der Waals surface area contributed by atoms with Crippen LogP contribution >= 0.6 is 15.9 Å². The average Bonchev–Trinajstić information content (AvgIpc) is 2.70. The van der Waals surface area contributed by atoms with Crippen molar-refractivity contribution < 1.29 is 17.9 Å². The predicted octanol–water partition coefficient (Wildman–Crippen LogP) is 4.36. The lowest BCUT2D eigenvalue weighted by molar-refractivity contribution is -0.149. The van der Waals surface area contributed by atoms with Gasteiger partial charge in [-0.15, -0.1) is 0 Å². The van der Waals surface area contributed by atoms with Gasteiger partial charge >= 0.3 is 5.97 Å². The van der Waals surface area contributed by atoms with E-state index in [1.54, 1.807) is 24.3 Å². The van der Waals surface area contributed by atoms with Gasteiger partial charge in [0, 0.05) is 12.4 Å². The number of alkyl halides is 1. The Bertz CT molecular complexity index is 867. The first-order valence-corrected chi connectivity index (χ1v) is 11.7. The Morgan fingerprint density at radius 1 is 1.04 bits per heavy atom. The van der Waals surface area contributed by atoms with Crippen LogP contribution in [0.4, 0.5) is 0 Å². The van der Waals surface area contributed by atoms with E-state index in [-0.39, 0.29) is 17.4 Å². The molecular weight excluding hydrogens is 442 g/mol. The summed E-state index contributed by atoms with van der Waals surface area (Å²) in [6.07, 6.45) is 0.378. The molecule has 2 rings (SSSR count). The molecule has 0 heterocycles. The van der Waals surface area contributed by atoms with Gasteiger partial charge in [0.25, 0.3) is 0 Å². The van der Waals surface area contributed by atoms with Gasteiger partial charge in [-0.05, 0) is 35.6 Å². The molecular formula is C21H26BrNO4S. The summed E-state index contributed by atoms with van der Waals surface area (Å²) < 4.78 is 32.6. The quantitative estimate of drug-likeness (QED) is 0.405. The zero-order valence-corrected chi connectivity index (χ0v) is 18.7. The number of benzene rings is 2. The highest BCUT2D eigenvalue weighted by Gasteiger charge is 2.34. The van der Waals surface area contributed by atoms with Gasteiger partial charge in [-0.2, -0.15) is 4.31 Å². The number of nitrogens with zero attached hydrogens (tertiary/aromatic N) is 1. The van der Waals surface area contributed by atoms with Crippen LogP contribution in [0.5, 0.6) is 0 Å². The van der Waals surface area contributed by atoms with Crippen LogP contribution in [0.15, 0.2) is 59.5 Å². The second-order valence-corrected chi connectivity index (χ2v) is 9.60. The van der Waals surface area contributed by atoms with Crippen molar-refractivity contribution in [1.82, 2.24) is 4.31 Å². The number of sulfonamides is 1. The molecule has 0 amide bonds. The van der Waals surface area contributed by atoms with Crippen molar-refractivity contribution in [1.29, 1.82) is 0 Å². The van der Waals surface area contributed by atoms with E-state index in [0.717, 1.165) is 15.4 Å². The Hall–Kier alpha value is -1.70. The van der Waals surface area contributed by atoms with E-state index in [9.17, 15) is 13.2 Å². The molecule has 0 aliphatic carbocycles. The molecule has 0 saturated heterocycles. The highest BCUT2D eigenvalue weighted by Crippen LogP contribution is 2.22. The maximum atomic E-state index is 13.0. The molecule has 2 aromatic carbocycles. The van der Waals surface area contributed by atoms with Crippen molar-refractivity contribution in [2.24, 2.45) is 5.92 Å². The fourth-order valence-corrected chi connectivity index (χ4v) is 4.44. The minimum Gasteiger partial charge on any atom is -0.460 e. The lowest BCUT2D eigenvalue weighted by atomic mass is 10.0. The van der Waals surface area contributed by atoms with E-state index in [1.165, 1.54) is 7.05 Å². The largest absolute Gasteiger partial charge is 0.460 e. The molecule has 0 aliphatic rings. The van der Waals surface area contributed by atoms with E-state index in [4.69, 9.17) is 4.74 Å². The number of halogens is 1. The molecule has 0 saturated carbocycles. The van der Waals surface area contributed by atoms with Gasteiger partial charge in [0.1, 0.15) is 12.6 Å². The zero-order valence-electron chi connectivity index (χ0n) is 16.3. The van der Waals surface area contributed by atoms with Gasteiger partial charge < -0.3 is 4.74 Å². The monoisotopic (exact) mass is 467 g/mol. The van der Waals surface area contributed by atoms with E-state index >= 15 is 0 Å². The minimum atomic E-state index is -3.82. The predicted molar refractivity (Wildman–Crippen MR) is 114 cm³/mol. The fraction of sp³-hybridized carbons (Fsp3) is 0.381. The van der Waals surface area contributed by atoms with Crippen molar-refractivity contribution >= 4 is 31.9 Å². The molecule has 0 radical (unpaired) electrons. The summed E-state index contributed by atoms with van der Waals surface area (Å²) >= 11 is 3.35. The van der Waals surface area contributed by atoms with Crippen LogP contribution in [0.3, 0.4) is 0 Å². The Labute approximate surface area is 175 Å². The second kappa shape index (κ2) is 10.2. The summed E-state index contributed by atoms with van der Waals surface area (Å²) in [5.74, 6) is -0.414. The first-order valence-electron chi connectivity index (χ1n) is 9.09. The fourth-order valence-electron chi connectivity index (χ4n) is 2.75. The number of hydrogen-bond donors (Lipinski definition) is 0. The summed E-state index contributed by atoms with van der Waals surface area (Å²) in [6, 6.07) is 15.1. The summed E-state index contributed by atoms with van der Waals surface area (Å²) in [6.45, 7) is 4.01. The number of rotatable bonds is 9. The summed E-state index contributed by atoms with van der Waals surface area (Å²) in [5.41, 5.74) is 1.83. The van der Waals surface area contributed by atoms with Gasteiger partial charge in [-0.1, -0.05) is 72.2 Å². The molecule has 5 nitrogen and oxygen atoms in total. The van der Waals surface area contributed by atoms with Crippen LogP contribution in [0.2, 0.25) is 0 Å². The molecule has 0 aliphatic heterocycles. The van der Waals surface area contributed by atoms with Crippen LogP contribution < -0.4 is 0 Å². The highest BCUT2D eigenvalue weighted by atomic mass is 79.9. The highest BCUT2D eigenvalue weighted by molar-refractivity contribution is 9.08. The van der Waals surface area contributed by atoms with Crippen LogP contribution in [0, 0.1) is 5.92 Å². The molecule has 2 aromatic rings. The average molecular weight is 468 g/mol. The topological polar surface area (TPSA) is 63.7 Å². The van der Waals surface area contributed by atoms with Crippen molar-refractivity contribution in [2.75, 3.05) is 7.05 Å². The third-order valence-corrected chi connectivity index (χ3v) is 6.91. The third kappa shape index (κ3) is 5.90. The van der Waals surface area contributed by atoms with Crippen molar-refractivity contribution in [2.45, 2.75) is 43.1 Å². The Balaban J connectivity index is 2.20. The molecule has 152 valence electrons. The van der Waals surface area contributed by atoms with Crippen molar-refractivity contribution in [3.8, 4) is 0 Å². The number of carbonyl (C=O) groups excluding carboxylic acids is 1. The number of hydrogen-bond acceptors (Lipinski definition) is 4. The van der Waals surface area contributed by atoms with Gasteiger partial charge in [-0.25, -0.2) is 8.42 Å². The normalized spacial score (nSPS) is 12.9. The van der Waals surface area contributed by atoms with E-state index in [2.05, 4.69) is 15.9 Å². The zero-order chi connectivity index (χ0) is 20.7. The summed E-state index contributed by atoms with van der Waals surface area (Å²) in [4.78, 5) is 12.9. The first-order chi connectivity index (χ1) is 13.3. The van der Waals surface area contributed by atoms with E-state index in [1.807, 2.05) is 44.2 Å². The molecule has 1 atom stereocenters. The molecule has 0 aromatic heterocycles. The minimum absolute atomic E-state index is 0.113. The van der Waals surface area contributed by atoms with Gasteiger partial charge in [0.2, 0.25) is 10.0 Å². The van der Waals surface area contributed by atoms with Crippen LogP contribution in [0.1, 0.15) is 31.4 Å². The standard InChI is InChI=1S/C21H26BrNO4S/c1-16(2)13-20(21(24)27-15-18-7-5-4-6-8-18)23(3)28(25,26)19-11-9-17(14-22)10-12-19/h4-12,16,20H,13-15H2,1-3H3/t20-/m0/s1.